The smallest absolute Gasteiger partial charge is 0.159 e. The molecule has 1 aromatic carbocycles. The minimum atomic E-state index is 0.404. The lowest BCUT2D eigenvalue weighted by molar-refractivity contribution is 0.194. The fraction of sp³-hybridized carbons (Fsp3) is 0.409. The first-order valence-electron chi connectivity index (χ1n) is 10.2. The van der Waals surface area contributed by atoms with Crippen molar-refractivity contribution in [3.05, 3.63) is 60.3 Å². The number of rotatable bonds is 4. The molecule has 0 radical (unpaired) electrons. The van der Waals surface area contributed by atoms with Gasteiger partial charge in [0.15, 0.2) is 5.65 Å². The maximum absolute atomic E-state index is 5.05. The van der Waals surface area contributed by atoms with E-state index in [2.05, 4.69) is 57.7 Å². The number of fused-ring (bicyclic) bond motifs is 2. The first-order valence-corrected chi connectivity index (χ1v) is 10.2. The van der Waals surface area contributed by atoms with Crippen LogP contribution in [0.3, 0.4) is 0 Å². The highest BCUT2D eigenvalue weighted by atomic mass is 15.2. The van der Waals surface area contributed by atoms with Gasteiger partial charge in [-0.3, -0.25) is 4.90 Å². The van der Waals surface area contributed by atoms with Gasteiger partial charge in [0.2, 0.25) is 0 Å². The zero-order valence-corrected chi connectivity index (χ0v) is 16.5. The Bertz CT molecular complexity index is 1110. The maximum Gasteiger partial charge on any atom is 0.159 e. The zero-order valence-electron chi connectivity index (χ0n) is 16.5. The van der Waals surface area contributed by atoms with Gasteiger partial charge in [-0.2, -0.15) is 5.10 Å². The van der Waals surface area contributed by atoms with Crippen LogP contribution in [-0.2, 0) is 6.54 Å². The highest BCUT2D eigenvalue weighted by molar-refractivity contribution is 5.76. The Labute approximate surface area is 164 Å². The molecule has 4 heterocycles. The molecule has 0 aliphatic carbocycles. The molecule has 1 unspecified atom stereocenters. The summed E-state index contributed by atoms with van der Waals surface area (Å²) in [6.45, 7) is 7.54. The van der Waals surface area contributed by atoms with Crippen molar-refractivity contribution in [2.45, 2.75) is 45.2 Å². The van der Waals surface area contributed by atoms with Crippen LogP contribution in [0.2, 0.25) is 0 Å². The van der Waals surface area contributed by atoms with Crippen molar-refractivity contribution < 1.29 is 0 Å². The van der Waals surface area contributed by atoms with E-state index in [0.29, 0.717) is 12.0 Å². The highest BCUT2D eigenvalue weighted by Gasteiger charge is 2.27. The molecule has 0 saturated carbocycles. The Morgan fingerprint density at radius 2 is 2.07 bits per heavy atom. The Morgan fingerprint density at radius 1 is 1.18 bits per heavy atom. The number of benzene rings is 1. The fourth-order valence-electron chi connectivity index (χ4n) is 4.53. The van der Waals surface area contributed by atoms with Crippen LogP contribution in [0.15, 0.2) is 48.9 Å². The molecule has 6 heteroatoms. The van der Waals surface area contributed by atoms with E-state index in [1.165, 1.54) is 29.7 Å². The number of hydrogen-bond acceptors (Lipinski definition) is 4. The number of nitrogens with zero attached hydrogens (tertiary/aromatic N) is 6. The van der Waals surface area contributed by atoms with Gasteiger partial charge in [0.05, 0.1) is 17.2 Å². The van der Waals surface area contributed by atoms with Gasteiger partial charge in [-0.1, -0.05) is 12.1 Å². The summed E-state index contributed by atoms with van der Waals surface area (Å²) >= 11 is 0. The molecule has 1 aliphatic rings. The number of piperidine rings is 1. The molecule has 1 aliphatic heterocycles. The van der Waals surface area contributed by atoms with Crippen LogP contribution in [0.4, 0.5) is 0 Å². The van der Waals surface area contributed by atoms with Crippen LogP contribution in [-0.4, -0.2) is 42.1 Å². The van der Waals surface area contributed by atoms with E-state index >= 15 is 0 Å². The summed E-state index contributed by atoms with van der Waals surface area (Å²) in [5.74, 6) is 1.69. The predicted octanol–water partition coefficient (Wildman–Crippen LogP) is 4.04. The Hall–Kier alpha value is -2.73. The second kappa shape index (κ2) is 7.02. The molecule has 3 aromatic heterocycles. The number of imidazole rings is 1. The van der Waals surface area contributed by atoms with Gasteiger partial charge >= 0.3 is 0 Å². The van der Waals surface area contributed by atoms with Crippen LogP contribution in [0.25, 0.3) is 16.7 Å². The van der Waals surface area contributed by atoms with Crippen molar-refractivity contribution >= 4 is 16.7 Å². The zero-order chi connectivity index (χ0) is 19.1. The summed E-state index contributed by atoms with van der Waals surface area (Å²) in [7, 11) is 0. The summed E-state index contributed by atoms with van der Waals surface area (Å²) < 4.78 is 4.29. The van der Waals surface area contributed by atoms with Crippen molar-refractivity contribution in [1.82, 2.24) is 29.0 Å². The van der Waals surface area contributed by atoms with Crippen LogP contribution in [0.5, 0.6) is 0 Å². The molecule has 6 nitrogen and oxygen atoms in total. The minimum Gasteiger partial charge on any atom is -0.325 e. The van der Waals surface area contributed by atoms with Crippen LogP contribution in [0, 0.1) is 0 Å². The molecule has 0 bridgehead atoms. The van der Waals surface area contributed by atoms with E-state index < -0.39 is 0 Å². The largest absolute Gasteiger partial charge is 0.325 e. The average Bonchev–Trinajstić information content (AvgIpc) is 3.30. The van der Waals surface area contributed by atoms with E-state index in [9.17, 15) is 0 Å². The van der Waals surface area contributed by atoms with E-state index in [0.717, 1.165) is 30.8 Å². The molecule has 28 heavy (non-hydrogen) atoms. The molecule has 0 spiro atoms. The van der Waals surface area contributed by atoms with Crippen LogP contribution >= 0.6 is 0 Å². The number of hydrogen-bond donors (Lipinski definition) is 0. The second-order valence-electron chi connectivity index (χ2n) is 8.05. The lowest BCUT2D eigenvalue weighted by atomic mass is 9.96. The molecule has 5 rings (SSSR count). The summed E-state index contributed by atoms with van der Waals surface area (Å²) in [5, 5.41) is 4.44. The van der Waals surface area contributed by atoms with Gasteiger partial charge in [-0.15, -0.1) is 0 Å². The summed E-state index contributed by atoms with van der Waals surface area (Å²) in [5.41, 5.74) is 4.50. The average molecular weight is 374 g/mol. The predicted molar refractivity (Wildman–Crippen MR) is 110 cm³/mol. The minimum absolute atomic E-state index is 0.404. The first-order chi connectivity index (χ1) is 13.7. The maximum atomic E-state index is 5.05. The van der Waals surface area contributed by atoms with Crippen LogP contribution < -0.4 is 0 Å². The molecule has 4 aromatic rings. The second-order valence-corrected chi connectivity index (χ2v) is 8.05. The number of para-hydroxylation sites is 2. The van der Waals surface area contributed by atoms with Gasteiger partial charge in [0, 0.05) is 43.0 Å². The van der Waals surface area contributed by atoms with Crippen molar-refractivity contribution in [3.63, 3.8) is 0 Å². The van der Waals surface area contributed by atoms with E-state index in [1.807, 2.05) is 29.2 Å². The SMILES string of the molecule is CC(C)n1c(C2CCCN(Cc3cnn4cccnc34)C2)nc2ccccc21. The first kappa shape index (κ1) is 17.4. The topological polar surface area (TPSA) is 51.2 Å². The van der Waals surface area contributed by atoms with Crippen LogP contribution in [0.1, 0.15) is 50.0 Å². The van der Waals surface area contributed by atoms with Gasteiger partial charge in [0.1, 0.15) is 5.82 Å². The van der Waals surface area contributed by atoms with Crippen molar-refractivity contribution in [1.29, 1.82) is 0 Å². The summed E-state index contributed by atoms with van der Waals surface area (Å²) in [4.78, 5) is 12.1. The van der Waals surface area contributed by atoms with E-state index in [4.69, 9.17) is 4.98 Å². The summed E-state index contributed by atoms with van der Waals surface area (Å²) in [6, 6.07) is 10.8. The van der Waals surface area contributed by atoms with E-state index in [1.54, 1.807) is 0 Å². The molecule has 1 fully saturated rings. The molecule has 144 valence electrons. The third kappa shape index (κ3) is 2.98. The van der Waals surface area contributed by atoms with Gasteiger partial charge in [-0.05, 0) is 51.4 Å². The molecule has 1 atom stereocenters. The standard InChI is InChI=1S/C22H26N6/c1-16(2)28-20-9-4-3-8-19(20)25-22(28)17-7-5-11-26(14-17)15-18-13-24-27-12-6-10-23-21(18)27/h3-4,6,8-10,12-13,16-17H,5,7,11,14-15H2,1-2H3. The van der Waals surface area contributed by atoms with Gasteiger partial charge < -0.3 is 4.57 Å². The summed E-state index contributed by atoms with van der Waals surface area (Å²) in [6.07, 6.45) is 8.13. The van der Waals surface area contributed by atoms with Crippen molar-refractivity contribution in [2.24, 2.45) is 0 Å². The number of aromatic nitrogens is 5. The quantitative estimate of drug-likeness (QED) is 0.541. The van der Waals surface area contributed by atoms with E-state index in [-0.39, 0.29) is 0 Å². The molecular formula is C22H26N6. The fourth-order valence-corrected chi connectivity index (χ4v) is 4.53. The Balaban J connectivity index is 1.43. The Kier molecular flexibility index (Phi) is 4.36. The van der Waals surface area contributed by atoms with Gasteiger partial charge in [-0.25, -0.2) is 14.5 Å². The normalized spacial score (nSPS) is 18.5. The van der Waals surface area contributed by atoms with Crippen molar-refractivity contribution in [3.8, 4) is 0 Å². The molecular weight excluding hydrogens is 348 g/mol. The molecule has 1 saturated heterocycles. The van der Waals surface area contributed by atoms with Crippen molar-refractivity contribution in [2.75, 3.05) is 13.1 Å². The highest BCUT2D eigenvalue weighted by Crippen LogP contribution is 2.32. The number of likely N-dealkylation sites (tertiary alicyclic amines) is 1. The molecule has 0 N–H and O–H groups in total. The monoisotopic (exact) mass is 374 g/mol. The lowest BCUT2D eigenvalue weighted by Gasteiger charge is -2.33. The van der Waals surface area contributed by atoms with Gasteiger partial charge in [0.25, 0.3) is 0 Å². The molecule has 0 amide bonds. The lowest BCUT2D eigenvalue weighted by Crippen LogP contribution is -2.35. The Morgan fingerprint density at radius 3 is 2.96 bits per heavy atom. The third-order valence-corrected chi connectivity index (χ3v) is 5.76. The third-order valence-electron chi connectivity index (χ3n) is 5.76.